The number of anilines is 1. The van der Waals surface area contributed by atoms with Crippen LogP contribution in [0, 0.1) is 0 Å². The van der Waals surface area contributed by atoms with E-state index in [1.807, 2.05) is 18.2 Å². The Hall–Kier alpha value is -2.48. The maximum Gasteiger partial charge on any atom is 0.324 e. The van der Waals surface area contributed by atoms with Crippen molar-refractivity contribution in [2.24, 2.45) is 0 Å². The summed E-state index contributed by atoms with van der Waals surface area (Å²) in [4.78, 5) is 40.7. The van der Waals surface area contributed by atoms with Crippen LogP contribution in [0.2, 0.25) is 0 Å². The van der Waals surface area contributed by atoms with E-state index in [4.69, 9.17) is 0 Å². The van der Waals surface area contributed by atoms with Gasteiger partial charge in [-0.2, -0.15) is 0 Å². The molecule has 1 aromatic carbocycles. The molecule has 132 valence electrons. The Morgan fingerprint density at radius 1 is 1.40 bits per heavy atom. The van der Waals surface area contributed by atoms with Gasteiger partial charge < -0.3 is 10.6 Å². The monoisotopic (exact) mass is 360 g/mol. The molecule has 0 aliphatic carbocycles. The molecule has 3 rings (SSSR count). The highest BCUT2D eigenvalue weighted by Crippen LogP contribution is 2.29. The van der Waals surface area contributed by atoms with Gasteiger partial charge in [0.25, 0.3) is 0 Å². The van der Waals surface area contributed by atoms with E-state index in [1.54, 1.807) is 11.3 Å². The zero-order chi connectivity index (χ0) is 18.0. The van der Waals surface area contributed by atoms with Crippen molar-refractivity contribution in [3.63, 3.8) is 0 Å². The molecule has 0 atom stereocenters. The number of thiazole rings is 1. The average Bonchev–Trinajstić information content (AvgIpc) is 3.12. The lowest BCUT2D eigenvalue weighted by atomic mass is 10.2. The molecular formula is C17H20N4O3S. The van der Waals surface area contributed by atoms with Crippen molar-refractivity contribution >= 4 is 45.1 Å². The second kappa shape index (κ2) is 7.18. The first-order chi connectivity index (χ1) is 11.9. The van der Waals surface area contributed by atoms with Crippen molar-refractivity contribution in [1.29, 1.82) is 0 Å². The van der Waals surface area contributed by atoms with Gasteiger partial charge in [-0.05, 0) is 24.6 Å². The van der Waals surface area contributed by atoms with Crippen LogP contribution in [0.4, 0.5) is 10.5 Å². The maximum absolute atomic E-state index is 12.1. The number of fused-ring (bicyclic) bond motifs is 1. The summed E-state index contributed by atoms with van der Waals surface area (Å²) in [5.74, 6) is -0.0112. The lowest BCUT2D eigenvalue weighted by molar-refractivity contribution is -0.125. The van der Waals surface area contributed by atoms with Crippen LogP contribution in [-0.2, 0) is 9.59 Å². The Bertz CT molecular complexity index is 814. The van der Waals surface area contributed by atoms with Crippen LogP contribution in [0.25, 0.3) is 10.2 Å². The van der Waals surface area contributed by atoms with Gasteiger partial charge in [0.05, 0.1) is 21.8 Å². The minimum atomic E-state index is -0.387. The van der Waals surface area contributed by atoms with Crippen molar-refractivity contribution in [1.82, 2.24) is 15.2 Å². The second-order valence-electron chi connectivity index (χ2n) is 6.25. The molecule has 8 heteroatoms. The molecule has 2 heterocycles. The third kappa shape index (κ3) is 3.96. The van der Waals surface area contributed by atoms with Crippen LogP contribution >= 0.6 is 11.3 Å². The summed E-state index contributed by atoms with van der Waals surface area (Å²) in [7, 11) is 0. The topological polar surface area (TPSA) is 91.4 Å². The van der Waals surface area contributed by atoms with Crippen molar-refractivity contribution < 1.29 is 14.4 Å². The summed E-state index contributed by atoms with van der Waals surface area (Å²) < 4.78 is 1.04. The molecule has 1 fully saturated rings. The van der Waals surface area contributed by atoms with Crippen LogP contribution in [0.1, 0.15) is 37.6 Å². The highest BCUT2D eigenvalue weighted by Gasteiger charge is 2.27. The van der Waals surface area contributed by atoms with E-state index in [2.05, 4.69) is 29.5 Å². The van der Waals surface area contributed by atoms with E-state index in [0.717, 1.165) is 25.8 Å². The van der Waals surface area contributed by atoms with Crippen LogP contribution in [0.3, 0.4) is 0 Å². The van der Waals surface area contributed by atoms with Crippen molar-refractivity contribution in [3.8, 4) is 0 Å². The number of amides is 4. The van der Waals surface area contributed by atoms with Gasteiger partial charge in [-0.3, -0.25) is 14.5 Å². The van der Waals surface area contributed by atoms with Gasteiger partial charge >= 0.3 is 6.03 Å². The molecule has 1 aliphatic heterocycles. The number of urea groups is 1. The molecule has 7 nitrogen and oxygen atoms in total. The second-order valence-corrected chi connectivity index (χ2v) is 7.31. The summed E-state index contributed by atoms with van der Waals surface area (Å²) in [5.41, 5.74) is 1.66. The Morgan fingerprint density at radius 2 is 2.20 bits per heavy atom. The third-order valence-corrected chi connectivity index (χ3v) is 5.22. The van der Waals surface area contributed by atoms with Gasteiger partial charge in [0.2, 0.25) is 11.8 Å². The first-order valence-electron chi connectivity index (χ1n) is 8.22. The highest BCUT2D eigenvalue weighted by molar-refractivity contribution is 7.18. The predicted octanol–water partition coefficient (Wildman–Crippen LogP) is 2.69. The number of carbonyl (C=O) groups excluding carboxylic acids is 3. The molecule has 0 bridgehead atoms. The number of rotatable bonds is 6. The fourth-order valence-corrected chi connectivity index (χ4v) is 3.58. The molecule has 4 amide bonds. The SMILES string of the molecule is CC(C)c1nc2ccc(NC(=O)CCCN3C(=O)CNC3=O)cc2s1. The van der Waals surface area contributed by atoms with Crippen LogP contribution < -0.4 is 10.6 Å². The van der Waals surface area contributed by atoms with Gasteiger partial charge in [-0.15, -0.1) is 11.3 Å². The number of nitrogens with one attached hydrogen (secondary N) is 2. The van der Waals surface area contributed by atoms with E-state index >= 15 is 0 Å². The van der Waals surface area contributed by atoms with Crippen LogP contribution in [0.5, 0.6) is 0 Å². The number of carbonyl (C=O) groups is 3. The molecule has 0 saturated carbocycles. The van der Waals surface area contributed by atoms with E-state index in [0.29, 0.717) is 12.3 Å². The highest BCUT2D eigenvalue weighted by atomic mass is 32.1. The largest absolute Gasteiger partial charge is 0.329 e. The molecule has 0 radical (unpaired) electrons. The number of nitrogens with zero attached hydrogens (tertiary/aromatic N) is 2. The number of imide groups is 1. The molecule has 1 aromatic heterocycles. The summed E-state index contributed by atoms with van der Waals surface area (Å²) in [5, 5.41) is 6.39. The standard InChI is InChI=1S/C17H20N4O3S/c1-10(2)16-20-12-6-5-11(8-13(12)25-16)19-14(22)4-3-7-21-15(23)9-18-17(21)24/h5-6,8,10H,3-4,7,9H2,1-2H3,(H,18,24)(H,19,22). The van der Waals surface area contributed by atoms with Crippen molar-refractivity contribution in [2.75, 3.05) is 18.4 Å². The lowest BCUT2D eigenvalue weighted by Crippen LogP contribution is -2.32. The minimum absolute atomic E-state index is 0.0399. The van der Waals surface area contributed by atoms with Gasteiger partial charge in [-0.1, -0.05) is 13.8 Å². The minimum Gasteiger partial charge on any atom is -0.329 e. The molecule has 0 spiro atoms. The van der Waals surface area contributed by atoms with Gasteiger partial charge in [0.15, 0.2) is 0 Å². The number of aromatic nitrogens is 1. The first-order valence-corrected chi connectivity index (χ1v) is 9.04. The molecule has 2 N–H and O–H groups in total. The molecule has 1 aliphatic rings. The van der Waals surface area contributed by atoms with Gasteiger partial charge in [0.1, 0.15) is 0 Å². The smallest absolute Gasteiger partial charge is 0.324 e. The van der Waals surface area contributed by atoms with Gasteiger partial charge in [0, 0.05) is 24.6 Å². The van der Waals surface area contributed by atoms with Gasteiger partial charge in [-0.25, -0.2) is 9.78 Å². The molecule has 25 heavy (non-hydrogen) atoms. The summed E-state index contributed by atoms with van der Waals surface area (Å²) in [6.07, 6.45) is 0.681. The van der Waals surface area contributed by atoms with Crippen LogP contribution in [0.15, 0.2) is 18.2 Å². The predicted molar refractivity (Wildman–Crippen MR) is 96.7 cm³/mol. The normalized spacial score (nSPS) is 14.4. The van der Waals surface area contributed by atoms with E-state index in [9.17, 15) is 14.4 Å². The molecule has 0 unspecified atom stereocenters. The van der Waals surface area contributed by atoms with E-state index in [1.165, 1.54) is 0 Å². The Kier molecular flexibility index (Phi) is 4.98. The summed E-state index contributed by atoms with van der Waals surface area (Å²) in [6, 6.07) is 5.28. The first kappa shape index (κ1) is 17.3. The summed E-state index contributed by atoms with van der Waals surface area (Å²) in [6.45, 7) is 4.50. The molecule has 1 saturated heterocycles. The lowest BCUT2D eigenvalue weighted by Gasteiger charge is -2.11. The van der Waals surface area contributed by atoms with E-state index in [-0.39, 0.29) is 37.4 Å². The Labute approximate surface area is 149 Å². The Balaban J connectivity index is 1.54. The third-order valence-electron chi connectivity index (χ3n) is 3.91. The number of benzene rings is 1. The van der Waals surface area contributed by atoms with E-state index < -0.39 is 0 Å². The zero-order valence-corrected chi connectivity index (χ0v) is 15.0. The Morgan fingerprint density at radius 3 is 2.88 bits per heavy atom. The average molecular weight is 360 g/mol. The van der Waals surface area contributed by atoms with Crippen molar-refractivity contribution in [2.45, 2.75) is 32.6 Å². The maximum atomic E-state index is 12.1. The number of hydrogen-bond acceptors (Lipinski definition) is 5. The molecule has 2 aromatic rings. The summed E-state index contributed by atoms with van der Waals surface area (Å²) >= 11 is 1.63. The fourth-order valence-electron chi connectivity index (χ4n) is 2.57. The molecular weight excluding hydrogens is 340 g/mol. The van der Waals surface area contributed by atoms with Crippen molar-refractivity contribution in [3.05, 3.63) is 23.2 Å². The fraction of sp³-hybridized carbons (Fsp3) is 0.412. The number of hydrogen-bond donors (Lipinski definition) is 2. The van der Waals surface area contributed by atoms with Crippen LogP contribution in [-0.4, -0.2) is 40.8 Å². The quantitative estimate of drug-likeness (QED) is 0.775. The zero-order valence-electron chi connectivity index (χ0n) is 14.2.